The molecule has 2 heterocycles. The van der Waals surface area contributed by atoms with Gasteiger partial charge in [0.2, 0.25) is 10.0 Å². The number of amides is 1. The molecule has 172 valence electrons. The molecule has 7 nitrogen and oxygen atoms in total. The number of nitrogens with zero attached hydrogens (tertiary/aromatic N) is 2. The third-order valence-electron chi connectivity index (χ3n) is 6.25. The first-order valence-corrected chi connectivity index (χ1v) is 12.6. The summed E-state index contributed by atoms with van der Waals surface area (Å²) in [5, 5.41) is 3.00. The van der Waals surface area contributed by atoms with Crippen molar-refractivity contribution in [2.75, 3.05) is 40.3 Å². The van der Waals surface area contributed by atoms with Gasteiger partial charge in [-0.1, -0.05) is 18.6 Å². The maximum Gasteiger partial charge on any atom is 0.251 e. The molecule has 8 heteroatoms. The normalized spacial score (nSPS) is 17.6. The molecule has 1 amide bonds. The molecular weight excluding hydrogens is 426 g/mol. The molecule has 0 radical (unpaired) electrons. The van der Waals surface area contributed by atoms with Gasteiger partial charge in [-0.3, -0.25) is 4.79 Å². The molecule has 1 atom stereocenters. The molecule has 1 fully saturated rings. The highest BCUT2D eigenvalue weighted by Crippen LogP contribution is 2.29. The third-order valence-corrected chi connectivity index (χ3v) is 8.16. The van der Waals surface area contributed by atoms with Crippen LogP contribution in [0.15, 0.2) is 47.4 Å². The van der Waals surface area contributed by atoms with Gasteiger partial charge < -0.3 is 15.0 Å². The lowest BCUT2D eigenvalue weighted by Crippen LogP contribution is -2.36. The minimum absolute atomic E-state index is 0.0172. The first-order valence-electron chi connectivity index (χ1n) is 11.2. The fourth-order valence-electron chi connectivity index (χ4n) is 4.34. The Kier molecular flexibility index (Phi) is 6.83. The quantitative estimate of drug-likeness (QED) is 0.692. The number of likely N-dealkylation sites (N-methyl/N-ethyl adjacent to an activating group) is 1. The number of piperidine rings is 1. The molecule has 1 saturated heterocycles. The standard InChI is InChI=1S/C24H31N3O4S/c1-26(2)22(19-8-11-23-20(16-19)12-15-31-23)17-25-24(28)18-6-9-21(10-7-18)32(29,30)27-13-4-3-5-14-27/h6-11,16,22H,3-5,12-15,17H2,1-2H3,(H,25,28). The molecule has 2 aliphatic rings. The number of sulfonamides is 1. The van der Waals surface area contributed by atoms with Crippen LogP contribution in [0, 0.1) is 0 Å². The lowest BCUT2D eigenvalue weighted by Gasteiger charge is -2.26. The Labute approximate surface area is 190 Å². The summed E-state index contributed by atoms with van der Waals surface area (Å²) >= 11 is 0. The molecule has 0 aromatic heterocycles. The number of nitrogens with one attached hydrogen (secondary N) is 1. The van der Waals surface area contributed by atoms with Crippen molar-refractivity contribution in [3.05, 3.63) is 59.2 Å². The van der Waals surface area contributed by atoms with Crippen LogP contribution >= 0.6 is 0 Å². The molecular formula is C24H31N3O4S. The van der Waals surface area contributed by atoms with Crippen LogP contribution in [0.5, 0.6) is 5.75 Å². The summed E-state index contributed by atoms with van der Waals surface area (Å²) in [6.45, 7) is 2.28. The van der Waals surface area contributed by atoms with Crippen molar-refractivity contribution in [3.8, 4) is 5.75 Å². The number of hydrogen-bond acceptors (Lipinski definition) is 5. The topological polar surface area (TPSA) is 79.0 Å². The van der Waals surface area contributed by atoms with Crippen LogP contribution in [0.3, 0.4) is 0 Å². The van der Waals surface area contributed by atoms with Crippen LogP contribution in [-0.4, -0.2) is 63.9 Å². The highest BCUT2D eigenvalue weighted by atomic mass is 32.2. The maximum absolute atomic E-state index is 12.8. The number of carbonyl (C=O) groups is 1. The second kappa shape index (κ2) is 9.60. The van der Waals surface area contributed by atoms with Gasteiger partial charge in [0, 0.05) is 31.6 Å². The molecule has 4 rings (SSSR count). The zero-order valence-corrected chi connectivity index (χ0v) is 19.5. The summed E-state index contributed by atoms with van der Waals surface area (Å²) in [7, 11) is 0.476. The van der Waals surface area contributed by atoms with E-state index in [1.807, 2.05) is 26.2 Å². The number of hydrogen-bond donors (Lipinski definition) is 1. The van der Waals surface area contributed by atoms with Crippen molar-refractivity contribution >= 4 is 15.9 Å². The van der Waals surface area contributed by atoms with E-state index in [1.54, 1.807) is 12.1 Å². The van der Waals surface area contributed by atoms with Crippen molar-refractivity contribution < 1.29 is 17.9 Å². The van der Waals surface area contributed by atoms with Crippen molar-refractivity contribution in [3.63, 3.8) is 0 Å². The Balaban J connectivity index is 1.41. The van der Waals surface area contributed by atoms with Crippen molar-refractivity contribution in [1.29, 1.82) is 0 Å². The van der Waals surface area contributed by atoms with Crippen LogP contribution in [0.4, 0.5) is 0 Å². The van der Waals surface area contributed by atoms with Crippen LogP contribution in [0.2, 0.25) is 0 Å². The molecule has 0 aliphatic carbocycles. The Bertz CT molecular complexity index is 1060. The van der Waals surface area contributed by atoms with Gasteiger partial charge in [0.05, 0.1) is 17.5 Å². The lowest BCUT2D eigenvalue weighted by atomic mass is 10.0. The van der Waals surface area contributed by atoms with E-state index < -0.39 is 10.0 Å². The zero-order chi connectivity index (χ0) is 22.7. The lowest BCUT2D eigenvalue weighted by molar-refractivity contribution is 0.0942. The number of rotatable bonds is 7. The number of fused-ring (bicyclic) bond motifs is 1. The highest BCUT2D eigenvalue weighted by Gasteiger charge is 2.26. The first-order chi connectivity index (χ1) is 15.4. The van der Waals surface area contributed by atoms with Gasteiger partial charge in [-0.05, 0) is 68.4 Å². The number of carbonyl (C=O) groups excluding carboxylic acids is 1. The molecule has 0 spiro atoms. The van der Waals surface area contributed by atoms with Crippen molar-refractivity contribution in [2.24, 2.45) is 0 Å². The van der Waals surface area contributed by atoms with Crippen molar-refractivity contribution in [1.82, 2.24) is 14.5 Å². The fourth-order valence-corrected chi connectivity index (χ4v) is 5.85. The van der Waals surface area contributed by atoms with Gasteiger partial charge in [-0.2, -0.15) is 4.31 Å². The van der Waals surface area contributed by atoms with Crippen molar-refractivity contribution in [2.45, 2.75) is 36.6 Å². The second-order valence-electron chi connectivity index (χ2n) is 8.64. The third kappa shape index (κ3) is 4.82. The molecule has 0 saturated carbocycles. The van der Waals surface area contributed by atoms with Gasteiger partial charge in [-0.25, -0.2) is 8.42 Å². The van der Waals surface area contributed by atoms with Crippen LogP contribution in [0.1, 0.15) is 46.8 Å². The van der Waals surface area contributed by atoms with Gasteiger partial charge >= 0.3 is 0 Å². The smallest absolute Gasteiger partial charge is 0.251 e. The summed E-state index contributed by atoms with van der Waals surface area (Å²) in [5.74, 6) is 0.721. The Morgan fingerprint density at radius 1 is 1.09 bits per heavy atom. The molecule has 32 heavy (non-hydrogen) atoms. The molecule has 2 aromatic rings. The number of benzene rings is 2. The summed E-state index contributed by atoms with van der Waals surface area (Å²) in [6.07, 6.45) is 3.76. The summed E-state index contributed by atoms with van der Waals surface area (Å²) in [6, 6.07) is 12.4. The molecule has 2 aliphatic heterocycles. The summed E-state index contributed by atoms with van der Waals surface area (Å²) in [4.78, 5) is 15.1. The molecule has 2 aromatic carbocycles. The van der Waals surface area contributed by atoms with E-state index in [0.29, 0.717) is 31.8 Å². The monoisotopic (exact) mass is 457 g/mol. The minimum atomic E-state index is -3.50. The van der Waals surface area contributed by atoms with Crippen LogP contribution < -0.4 is 10.1 Å². The van der Waals surface area contributed by atoms with Gasteiger partial charge in [0.25, 0.3) is 5.91 Å². The number of ether oxygens (including phenoxy) is 1. The van der Waals surface area contributed by atoms with Crippen LogP contribution in [0.25, 0.3) is 0 Å². The Morgan fingerprint density at radius 3 is 2.50 bits per heavy atom. The maximum atomic E-state index is 12.8. The van der Waals surface area contributed by atoms with Crippen LogP contribution in [-0.2, 0) is 16.4 Å². The van der Waals surface area contributed by atoms with E-state index in [1.165, 1.54) is 22.0 Å². The molecule has 0 bridgehead atoms. The largest absolute Gasteiger partial charge is 0.493 e. The molecule has 1 N–H and O–H groups in total. The van der Waals surface area contributed by atoms with E-state index in [9.17, 15) is 13.2 Å². The predicted octanol–water partition coefficient (Wildman–Crippen LogP) is 2.83. The van der Waals surface area contributed by atoms with Gasteiger partial charge in [0.15, 0.2) is 0 Å². The SMILES string of the molecule is CN(C)C(CNC(=O)c1ccc(S(=O)(=O)N2CCCCC2)cc1)c1ccc2c(c1)CCO2. The predicted molar refractivity (Wildman–Crippen MR) is 123 cm³/mol. The first kappa shape index (κ1) is 22.8. The summed E-state index contributed by atoms with van der Waals surface area (Å²) in [5.41, 5.74) is 2.77. The summed E-state index contributed by atoms with van der Waals surface area (Å²) < 4.78 is 32.7. The fraction of sp³-hybridized carbons (Fsp3) is 0.458. The second-order valence-corrected chi connectivity index (χ2v) is 10.6. The zero-order valence-electron chi connectivity index (χ0n) is 18.7. The van der Waals surface area contributed by atoms with E-state index >= 15 is 0 Å². The van der Waals surface area contributed by atoms with Gasteiger partial charge in [-0.15, -0.1) is 0 Å². The Morgan fingerprint density at radius 2 is 1.81 bits per heavy atom. The highest BCUT2D eigenvalue weighted by molar-refractivity contribution is 7.89. The van der Waals surface area contributed by atoms with E-state index in [0.717, 1.165) is 37.0 Å². The Hall–Kier alpha value is -2.42. The van der Waals surface area contributed by atoms with E-state index in [2.05, 4.69) is 16.3 Å². The van der Waals surface area contributed by atoms with E-state index in [-0.39, 0.29) is 16.8 Å². The van der Waals surface area contributed by atoms with Gasteiger partial charge in [0.1, 0.15) is 5.75 Å². The average molecular weight is 458 g/mol. The van der Waals surface area contributed by atoms with E-state index in [4.69, 9.17) is 4.74 Å². The minimum Gasteiger partial charge on any atom is -0.493 e. The molecule has 1 unspecified atom stereocenters. The average Bonchev–Trinajstić information content (AvgIpc) is 3.27.